The molecule has 2 N–H and O–H groups in total. The molecule has 2 rings (SSSR count). The molecule has 0 atom stereocenters. The summed E-state index contributed by atoms with van der Waals surface area (Å²) in [6.45, 7) is 4.62. The zero-order valence-corrected chi connectivity index (χ0v) is 13.6. The summed E-state index contributed by atoms with van der Waals surface area (Å²) in [5, 5.41) is 11.4. The van der Waals surface area contributed by atoms with Crippen molar-refractivity contribution in [2.45, 2.75) is 46.0 Å². The number of fused-ring (bicyclic) bond motifs is 1. The summed E-state index contributed by atoms with van der Waals surface area (Å²) in [7, 11) is 0. The fraction of sp³-hybridized carbons (Fsp3) is 0.471. The number of aromatic nitrogens is 2. The summed E-state index contributed by atoms with van der Waals surface area (Å²) < 4.78 is 1.95. The molecule has 0 saturated heterocycles. The van der Waals surface area contributed by atoms with E-state index in [1.165, 1.54) is 0 Å². The molecule has 0 bridgehead atoms. The topological polar surface area (TPSA) is 83.7 Å². The molecule has 2 heterocycles. The van der Waals surface area contributed by atoms with E-state index in [2.05, 4.69) is 17.2 Å². The van der Waals surface area contributed by atoms with Crippen LogP contribution in [0.5, 0.6) is 0 Å². The predicted octanol–water partition coefficient (Wildman–Crippen LogP) is 2.58. The minimum Gasteiger partial charge on any atom is -0.481 e. The van der Waals surface area contributed by atoms with Crippen LogP contribution in [0, 0.1) is 6.92 Å². The second kappa shape index (κ2) is 7.76. The van der Waals surface area contributed by atoms with E-state index < -0.39 is 5.97 Å². The van der Waals surface area contributed by atoms with Crippen molar-refractivity contribution in [2.75, 3.05) is 6.54 Å². The zero-order chi connectivity index (χ0) is 16.8. The SMILES string of the molecule is CCc1nc2ccc(C(=O)NCCCCCC(=O)O)cn2c1C. The molecule has 0 aliphatic heterocycles. The second-order valence-corrected chi connectivity index (χ2v) is 5.60. The summed E-state index contributed by atoms with van der Waals surface area (Å²) >= 11 is 0. The highest BCUT2D eigenvalue weighted by atomic mass is 16.4. The van der Waals surface area contributed by atoms with Crippen molar-refractivity contribution < 1.29 is 14.7 Å². The maximum absolute atomic E-state index is 12.2. The average molecular weight is 317 g/mol. The maximum Gasteiger partial charge on any atom is 0.303 e. The molecular formula is C17H23N3O3. The van der Waals surface area contributed by atoms with Gasteiger partial charge in [0.2, 0.25) is 0 Å². The summed E-state index contributed by atoms with van der Waals surface area (Å²) in [6.07, 6.45) is 5.09. The van der Waals surface area contributed by atoms with Gasteiger partial charge < -0.3 is 14.8 Å². The van der Waals surface area contributed by atoms with E-state index in [1.54, 1.807) is 6.07 Å². The van der Waals surface area contributed by atoms with Gasteiger partial charge in [0.15, 0.2) is 0 Å². The number of carbonyl (C=O) groups excluding carboxylic acids is 1. The Morgan fingerprint density at radius 1 is 1.26 bits per heavy atom. The van der Waals surface area contributed by atoms with Crippen LogP contribution >= 0.6 is 0 Å². The van der Waals surface area contributed by atoms with Gasteiger partial charge in [-0.3, -0.25) is 9.59 Å². The molecule has 0 aliphatic carbocycles. The number of rotatable bonds is 8. The standard InChI is InChI=1S/C17H23N3O3/c1-3-14-12(2)20-11-13(8-9-15(20)19-14)17(23)18-10-6-4-5-7-16(21)22/h8-9,11H,3-7,10H2,1-2H3,(H,18,23)(H,21,22). The van der Waals surface area contributed by atoms with E-state index in [0.717, 1.165) is 36.3 Å². The number of aryl methyl sites for hydroxylation is 2. The van der Waals surface area contributed by atoms with Crippen LogP contribution < -0.4 is 5.32 Å². The maximum atomic E-state index is 12.2. The number of nitrogens with one attached hydrogen (secondary N) is 1. The largest absolute Gasteiger partial charge is 0.481 e. The highest BCUT2D eigenvalue weighted by Gasteiger charge is 2.10. The molecule has 23 heavy (non-hydrogen) atoms. The Hall–Kier alpha value is -2.37. The van der Waals surface area contributed by atoms with Crippen molar-refractivity contribution in [1.29, 1.82) is 0 Å². The molecular weight excluding hydrogens is 294 g/mol. The summed E-state index contributed by atoms with van der Waals surface area (Å²) in [6, 6.07) is 3.63. The fourth-order valence-electron chi connectivity index (χ4n) is 2.56. The zero-order valence-electron chi connectivity index (χ0n) is 13.6. The molecule has 0 spiro atoms. The van der Waals surface area contributed by atoms with Gasteiger partial charge in [0.05, 0.1) is 11.3 Å². The smallest absolute Gasteiger partial charge is 0.303 e. The third-order valence-corrected chi connectivity index (χ3v) is 3.91. The lowest BCUT2D eigenvalue weighted by Crippen LogP contribution is -2.24. The number of nitrogens with zero attached hydrogens (tertiary/aromatic N) is 2. The van der Waals surface area contributed by atoms with Crippen molar-refractivity contribution in [3.05, 3.63) is 35.3 Å². The number of unbranched alkanes of at least 4 members (excludes halogenated alkanes) is 2. The predicted molar refractivity (Wildman–Crippen MR) is 87.7 cm³/mol. The van der Waals surface area contributed by atoms with Crippen LogP contribution in [0.2, 0.25) is 0 Å². The quantitative estimate of drug-likeness (QED) is 0.733. The fourth-order valence-corrected chi connectivity index (χ4v) is 2.56. The molecule has 0 aromatic carbocycles. The molecule has 0 saturated carbocycles. The van der Waals surface area contributed by atoms with Gasteiger partial charge in [-0.1, -0.05) is 13.3 Å². The summed E-state index contributed by atoms with van der Waals surface area (Å²) in [4.78, 5) is 27.1. The van der Waals surface area contributed by atoms with Crippen LogP contribution in [-0.2, 0) is 11.2 Å². The first-order valence-electron chi connectivity index (χ1n) is 8.00. The molecule has 0 aliphatic rings. The number of hydrogen-bond donors (Lipinski definition) is 2. The monoisotopic (exact) mass is 317 g/mol. The Morgan fingerprint density at radius 3 is 2.74 bits per heavy atom. The van der Waals surface area contributed by atoms with Gasteiger partial charge in [-0.2, -0.15) is 0 Å². The lowest BCUT2D eigenvalue weighted by Gasteiger charge is -2.06. The number of imidazole rings is 1. The van der Waals surface area contributed by atoms with Crippen molar-refractivity contribution in [3.8, 4) is 0 Å². The molecule has 6 heteroatoms. The van der Waals surface area contributed by atoms with Gasteiger partial charge in [-0.25, -0.2) is 4.98 Å². The normalized spacial score (nSPS) is 10.9. The third kappa shape index (κ3) is 4.31. The minimum atomic E-state index is -0.774. The Kier molecular flexibility index (Phi) is 5.73. The van der Waals surface area contributed by atoms with E-state index >= 15 is 0 Å². The number of amides is 1. The van der Waals surface area contributed by atoms with Crippen LogP contribution in [0.4, 0.5) is 0 Å². The van der Waals surface area contributed by atoms with E-state index in [9.17, 15) is 9.59 Å². The third-order valence-electron chi connectivity index (χ3n) is 3.91. The first-order valence-corrected chi connectivity index (χ1v) is 8.00. The Bertz CT molecular complexity index is 706. The number of carboxylic acid groups (broad SMARTS) is 1. The van der Waals surface area contributed by atoms with Gasteiger partial charge in [0.1, 0.15) is 5.65 Å². The van der Waals surface area contributed by atoms with E-state index in [-0.39, 0.29) is 12.3 Å². The van der Waals surface area contributed by atoms with Gasteiger partial charge in [0, 0.05) is 24.9 Å². The lowest BCUT2D eigenvalue weighted by atomic mass is 10.2. The second-order valence-electron chi connectivity index (χ2n) is 5.60. The van der Waals surface area contributed by atoms with Crippen molar-refractivity contribution in [3.63, 3.8) is 0 Å². The molecule has 2 aromatic heterocycles. The molecule has 1 amide bonds. The van der Waals surface area contributed by atoms with Crippen LogP contribution in [0.25, 0.3) is 5.65 Å². The minimum absolute atomic E-state index is 0.115. The first-order chi connectivity index (χ1) is 11.0. The molecule has 124 valence electrons. The number of carboxylic acids is 1. The Labute approximate surface area is 135 Å². The Morgan fingerprint density at radius 2 is 2.04 bits per heavy atom. The van der Waals surface area contributed by atoms with Gasteiger partial charge in [-0.05, 0) is 38.3 Å². The van der Waals surface area contributed by atoms with E-state index in [1.807, 2.05) is 23.6 Å². The van der Waals surface area contributed by atoms with Gasteiger partial charge >= 0.3 is 5.97 Å². The number of aliphatic carboxylic acids is 1. The lowest BCUT2D eigenvalue weighted by molar-refractivity contribution is -0.137. The van der Waals surface area contributed by atoms with Crippen LogP contribution in [0.3, 0.4) is 0 Å². The molecule has 2 aromatic rings. The van der Waals surface area contributed by atoms with Crippen LogP contribution in [0.1, 0.15) is 54.4 Å². The summed E-state index contributed by atoms with van der Waals surface area (Å²) in [5.74, 6) is -0.888. The van der Waals surface area contributed by atoms with Crippen molar-refractivity contribution >= 4 is 17.5 Å². The van der Waals surface area contributed by atoms with Crippen molar-refractivity contribution in [2.24, 2.45) is 0 Å². The van der Waals surface area contributed by atoms with E-state index in [4.69, 9.17) is 5.11 Å². The highest BCUT2D eigenvalue weighted by molar-refractivity contribution is 5.94. The summed E-state index contributed by atoms with van der Waals surface area (Å²) in [5.41, 5.74) is 3.56. The van der Waals surface area contributed by atoms with Crippen molar-refractivity contribution in [1.82, 2.24) is 14.7 Å². The molecule has 0 unspecified atom stereocenters. The Balaban J connectivity index is 1.91. The number of hydrogen-bond acceptors (Lipinski definition) is 3. The average Bonchev–Trinajstić information content (AvgIpc) is 2.86. The van der Waals surface area contributed by atoms with E-state index in [0.29, 0.717) is 18.5 Å². The molecule has 6 nitrogen and oxygen atoms in total. The molecule has 0 radical (unpaired) electrons. The molecule has 0 fully saturated rings. The van der Waals surface area contributed by atoms with Gasteiger partial charge in [0.25, 0.3) is 5.91 Å². The number of pyridine rings is 1. The van der Waals surface area contributed by atoms with Crippen LogP contribution in [-0.4, -0.2) is 32.9 Å². The van der Waals surface area contributed by atoms with Crippen LogP contribution in [0.15, 0.2) is 18.3 Å². The first kappa shape index (κ1) is 17.0. The van der Waals surface area contributed by atoms with Gasteiger partial charge in [-0.15, -0.1) is 0 Å². The highest BCUT2D eigenvalue weighted by Crippen LogP contribution is 2.14. The number of carbonyl (C=O) groups is 2.